The first kappa shape index (κ1) is 15.9. The summed E-state index contributed by atoms with van der Waals surface area (Å²) in [7, 11) is 0. The summed E-state index contributed by atoms with van der Waals surface area (Å²) >= 11 is 5.24. The van der Waals surface area contributed by atoms with Crippen molar-refractivity contribution >= 4 is 18.4 Å². The number of nitrogens with zero attached hydrogens (tertiary/aromatic N) is 3. The van der Waals surface area contributed by atoms with Gasteiger partial charge in [0.1, 0.15) is 11.5 Å². The fraction of sp³-hybridized carbons (Fsp3) is 0.118. The van der Waals surface area contributed by atoms with Crippen LogP contribution in [0.4, 0.5) is 0 Å². The minimum absolute atomic E-state index is 0.182. The lowest BCUT2D eigenvalue weighted by Gasteiger charge is -2.04. The van der Waals surface area contributed by atoms with Gasteiger partial charge in [-0.3, -0.25) is 0 Å². The quantitative estimate of drug-likeness (QED) is 0.550. The summed E-state index contributed by atoms with van der Waals surface area (Å²) in [5, 5.41) is 20.8. The van der Waals surface area contributed by atoms with Gasteiger partial charge in [-0.25, -0.2) is 5.10 Å². The van der Waals surface area contributed by atoms with Gasteiger partial charge >= 0.3 is 0 Å². The number of phenols is 1. The van der Waals surface area contributed by atoms with Crippen molar-refractivity contribution in [1.29, 1.82) is 0 Å². The molecule has 7 heteroatoms. The van der Waals surface area contributed by atoms with E-state index in [-0.39, 0.29) is 5.75 Å². The summed E-state index contributed by atoms with van der Waals surface area (Å²) in [4.78, 5) is 0. The van der Waals surface area contributed by atoms with Crippen molar-refractivity contribution in [2.75, 3.05) is 6.61 Å². The second-order valence-corrected chi connectivity index (χ2v) is 5.35. The predicted octanol–water partition coefficient (Wildman–Crippen LogP) is 3.59. The topological polar surface area (TPSA) is 75.4 Å². The molecule has 2 aromatic carbocycles. The van der Waals surface area contributed by atoms with E-state index in [1.54, 1.807) is 24.4 Å². The normalized spacial score (nSPS) is 11.0. The molecule has 0 atom stereocenters. The van der Waals surface area contributed by atoms with E-state index >= 15 is 0 Å². The van der Waals surface area contributed by atoms with E-state index in [0.717, 1.165) is 16.9 Å². The van der Waals surface area contributed by atoms with Gasteiger partial charge in [0.05, 0.1) is 12.8 Å². The van der Waals surface area contributed by atoms with E-state index in [1.807, 2.05) is 37.3 Å². The summed E-state index contributed by atoms with van der Waals surface area (Å²) in [6.07, 6.45) is 1.61. The molecule has 0 bridgehead atoms. The van der Waals surface area contributed by atoms with E-state index in [9.17, 15) is 5.11 Å². The number of phenolic OH excluding ortho intramolecular Hbond substituents is 1. The number of ether oxygens (including phenoxy) is 1. The molecule has 0 amide bonds. The SMILES string of the molecule is CCOc1ccc(-c2n[nH]c(=S)n2/N=C\c2cccc(O)c2)cc1. The summed E-state index contributed by atoms with van der Waals surface area (Å²) in [6.45, 7) is 2.56. The number of hydrogen-bond donors (Lipinski definition) is 2. The molecule has 0 radical (unpaired) electrons. The van der Waals surface area contributed by atoms with Crippen LogP contribution in [0, 0.1) is 4.77 Å². The molecule has 0 aliphatic carbocycles. The Bertz CT molecular complexity index is 913. The molecular formula is C17H16N4O2S. The molecule has 0 aliphatic heterocycles. The van der Waals surface area contributed by atoms with Crippen molar-refractivity contribution in [2.24, 2.45) is 5.10 Å². The highest BCUT2D eigenvalue weighted by Gasteiger charge is 2.08. The van der Waals surface area contributed by atoms with Crippen molar-refractivity contribution in [2.45, 2.75) is 6.92 Å². The van der Waals surface area contributed by atoms with E-state index in [0.29, 0.717) is 17.2 Å². The average molecular weight is 340 g/mol. The maximum absolute atomic E-state index is 9.51. The molecule has 2 N–H and O–H groups in total. The first-order chi connectivity index (χ1) is 11.7. The lowest BCUT2D eigenvalue weighted by molar-refractivity contribution is 0.340. The van der Waals surface area contributed by atoms with Gasteiger partial charge in [-0.05, 0) is 61.1 Å². The van der Waals surface area contributed by atoms with Crippen LogP contribution in [0.5, 0.6) is 11.5 Å². The molecule has 1 heterocycles. The van der Waals surface area contributed by atoms with Crippen LogP contribution in [0.3, 0.4) is 0 Å². The molecular weight excluding hydrogens is 324 g/mol. The Balaban J connectivity index is 1.92. The lowest BCUT2D eigenvalue weighted by atomic mass is 10.2. The second kappa shape index (κ2) is 7.10. The molecule has 1 aromatic heterocycles. The van der Waals surface area contributed by atoms with E-state index < -0.39 is 0 Å². The minimum Gasteiger partial charge on any atom is -0.508 e. The zero-order valence-electron chi connectivity index (χ0n) is 13.0. The number of hydrogen-bond acceptors (Lipinski definition) is 5. The van der Waals surface area contributed by atoms with Crippen molar-refractivity contribution in [3.63, 3.8) is 0 Å². The van der Waals surface area contributed by atoms with Gasteiger partial charge in [0.25, 0.3) is 0 Å². The molecule has 3 aromatic rings. The van der Waals surface area contributed by atoms with E-state index in [1.165, 1.54) is 4.68 Å². The van der Waals surface area contributed by atoms with Gasteiger partial charge in [-0.2, -0.15) is 14.9 Å². The van der Waals surface area contributed by atoms with Gasteiger partial charge in [-0.1, -0.05) is 12.1 Å². The smallest absolute Gasteiger partial charge is 0.216 e. The highest BCUT2D eigenvalue weighted by Crippen LogP contribution is 2.21. The molecule has 24 heavy (non-hydrogen) atoms. The second-order valence-electron chi connectivity index (χ2n) is 4.96. The third-order valence-electron chi connectivity index (χ3n) is 3.27. The predicted molar refractivity (Wildman–Crippen MR) is 95.1 cm³/mol. The van der Waals surface area contributed by atoms with E-state index in [4.69, 9.17) is 17.0 Å². The van der Waals surface area contributed by atoms with Crippen LogP contribution in [0.1, 0.15) is 12.5 Å². The lowest BCUT2D eigenvalue weighted by Crippen LogP contribution is -1.96. The Morgan fingerprint density at radius 2 is 2.08 bits per heavy atom. The van der Waals surface area contributed by atoms with Crippen LogP contribution in [-0.2, 0) is 0 Å². The molecule has 122 valence electrons. The fourth-order valence-electron chi connectivity index (χ4n) is 2.18. The number of benzene rings is 2. The van der Waals surface area contributed by atoms with Crippen LogP contribution in [0.2, 0.25) is 0 Å². The Hall–Kier alpha value is -2.93. The first-order valence-electron chi connectivity index (χ1n) is 7.41. The van der Waals surface area contributed by atoms with Crippen LogP contribution in [0.15, 0.2) is 53.6 Å². The molecule has 6 nitrogen and oxygen atoms in total. The zero-order valence-corrected chi connectivity index (χ0v) is 13.8. The van der Waals surface area contributed by atoms with Crippen molar-refractivity contribution < 1.29 is 9.84 Å². The van der Waals surface area contributed by atoms with Crippen LogP contribution in [0.25, 0.3) is 11.4 Å². The summed E-state index contributed by atoms with van der Waals surface area (Å²) in [5.41, 5.74) is 1.62. The fourth-order valence-corrected chi connectivity index (χ4v) is 2.36. The maximum Gasteiger partial charge on any atom is 0.216 e. The Morgan fingerprint density at radius 1 is 1.29 bits per heavy atom. The number of rotatable bonds is 5. The minimum atomic E-state index is 0.182. The first-order valence-corrected chi connectivity index (χ1v) is 7.82. The van der Waals surface area contributed by atoms with Crippen LogP contribution < -0.4 is 4.74 Å². The molecule has 0 saturated carbocycles. The third kappa shape index (κ3) is 3.52. The summed E-state index contributed by atoms with van der Waals surface area (Å²) < 4.78 is 7.36. The number of aromatic amines is 1. The molecule has 0 aliphatic rings. The Kier molecular flexibility index (Phi) is 4.72. The Labute approximate surface area is 144 Å². The van der Waals surface area contributed by atoms with E-state index in [2.05, 4.69) is 15.3 Å². The zero-order chi connectivity index (χ0) is 16.9. The number of aromatic hydroxyl groups is 1. The van der Waals surface area contributed by atoms with Gasteiger partial charge < -0.3 is 9.84 Å². The van der Waals surface area contributed by atoms with Gasteiger partial charge in [0.2, 0.25) is 4.77 Å². The van der Waals surface area contributed by atoms with Crippen molar-refractivity contribution in [3.05, 3.63) is 58.9 Å². The maximum atomic E-state index is 9.51. The number of H-pyrrole nitrogens is 1. The summed E-state index contributed by atoms with van der Waals surface area (Å²) in [6, 6.07) is 14.4. The highest BCUT2D eigenvalue weighted by molar-refractivity contribution is 7.71. The van der Waals surface area contributed by atoms with Crippen molar-refractivity contribution in [3.8, 4) is 22.9 Å². The van der Waals surface area contributed by atoms with Crippen LogP contribution >= 0.6 is 12.2 Å². The molecule has 0 saturated heterocycles. The monoisotopic (exact) mass is 340 g/mol. The Morgan fingerprint density at radius 3 is 2.79 bits per heavy atom. The number of aromatic nitrogens is 3. The average Bonchev–Trinajstić information content (AvgIpc) is 2.95. The molecule has 3 rings (SSSR count). The van der Waals surface area contributed by atoms with Gasteiger partial charge in [0.15, 0.2) is 5.82 Å². The van der Waals surface area contributed by atoms with Gasteiger partial charge in [0, 0.05) is 5.56 Å². The molecule has 0 unspecified atom stereocenters. The molecule has 0 fully saturated rings. The third-order valence-corrected chi connectivity index (χ3v) is 3.53. The summed E-state index contributed by atoms with van der Waals surface area (Å²) in [5.74, 6) is 1.58. The molecule has 0 spiro atoms. The number of nitrogens with one attached hydrogen (secondary N) is 1. The largest absolute Gasteiger partial charge is 0.508 e. The standard InChI is InChI=1S/C17H16N4O2S/c1-2-23-15-8-6-13(7-9-15)16-19-20-17(24)21(16)18-11-12-4-3-5-14(22)10-12/h3-11,22H,2H2,1H3,(H,20,24)/b18-11-. The van der Waals surface area contributed by atoms with Crippen molar-refractivity contribution in [1.82, 2.24) is 14.9 Å². The van der Waals surface area contributed by atoms with Gasteiger partial charge in [-0.15, -0.1) is 0 Å². The highest BCUT2D eigenvalue weighted by atomic mass is 32.1. The van der Waals surface area contributed by atoms with Crippen LogP contribution in [-0.4, -0.2) is 32.8 Å².